The van der Waals surface area contributed by atoms with Crippen LogP contribution in [0.1, 0.15) is 11.1 Å². The number of hydrogen-bond acceptors (Lipinski definition) is 7. The molecule has 1 heterocycles. The number of benzene rings is 3. The second-order valence-electron chi connectivity index (χ2n) is 7.12. The van der Waals surface area contributed by atoms with Gasteiger partial charge in [-0.15, -0.1) is 0 Å². The van der Waals surface area contributed by atoms with Crippen LogP contribution in [0.15, 0.2) is 71.6 Å². The summed E-state index contributed by atoms with van der Waals surface area (Å²) in [4.78, 5) is 25.3. The Morgan fingerprint density at radius 3 is 2.44 bits per heavy atom. The summed E-state index contributed by atoms with van der Waals surface area (Å²) in [7, 11) is 1.53. The lowest BCUT2D eigenvalue weighted by molar-refractivity contribution is -0.384. The molecule has 4 rings (SSSR count). The highest BCUT2D eigenvalue weighted by Gasteiger charge is 2.33. The number of ether oxygens (including phenoxy) is 2. The molecule has 1 aliphatic heterocycles. The summed E-state index contributed by atoms with van der Waals surface area (Å²) in [5.74, 6) is 0.783. The highest BCUT2D eigenvalue weighted by atomic mass is 35.5. The van der Waals surface area contributed by atoms with Crippen molar-refractivity contribution in [2.75, 3.05) is 12.0 Å². The minimum Gasteiger partial charge on any atom is -0.493 e. The number of anilines is 1. The van der Waals surface area contributed by atoms with Crippen LogP contribution < -0.4 is 14.4 Å². The van der Waals surface area contributed by atoms with E-state index in [2.05, 4.69) is 0 Å². The van der Waals surface area contributed by atoms with Gasteiger partial charge in [-0.25, -0.2) is 0 Å². The Balaban J connectivity index is 1.49. The van der Waals surface area contributed by atoms with Crippen molar-refractivity contribution in [3.63, 3.8) is 0 Å². The maximum Gasteiger partial charge on any atom is 0.270 e. The number of thioether (sulfide) groups is 1. The average Bonchev–Trinajstić information content (AvgIpc) is 3.11. The average molecular weight is 513 g/mol. The van der Waals surface area contributed by atoms with Crippen molar-refractivity contribution < 1.29 is 19.2 Å². The van der Waals surface area contributed by atoms with Crippen LogP contribution in [-0.2, 0) is 11.4 Å². The summed E-state index contributed by atoms with van der Waals surface area (Å²) in [6, 6.07) is 18.4. The highest BCUT2D eigenvalue weighted by Crippen LogP contribution is 2.37. The number of carbonyl (C=O) groups is 1. The molecule has 7 nitrogen and oxygen atoms in total. The fourth-order valence-electron chi connectivity index (χ4n) is 3.20. The van der Waals surface area contributed by atoms with Crippen molar-refractivity contribution in [1.29, 1.82) is 0 Å². The number of methoxy groups -OCH3 is 1. The van der Waals surface area contributed by atoms with Gasteiger partial charge in [-0.1, -0.05) is 41.6 Å². The molecule has 3 aromatic carbocycles. The molecule has 0 N–H and O–H groups in total. The van der Waals surface area contributed by atoms with Gasteiger partial charge in [0.25, 0.3) is 11.6 Å². The predicted molar refractivity (Wildman–Crippen MR) is 138 cm³/mol. The zero-order valence-corrected chi connectivity index (χ0v) is 20.2. The van der Waals surface area contributed by atoms with Crippen molar-refractivity contribution in [1.82, 2.24) is 0 Å². The van der Waals surface area contributed by atoms with Gasteiger partial charge in [0, 0.05) is 17.2 Å². The molecule has 1 aliphatic rings. The predicted octanol–water partition coefficient (Wildman–Crippen LogP) is 6.24. The second kappa shape index (κ2) is 10.3. The van der Waals surface area contributed by atoms with Gasteiger partial charge in [0.1, 0.15) is 6.61 Å². The Hall–Kier alpha value is -3.40. The molecular formula is C24H17ClN2O5S2. The highest BCUT2D eigenvalue weighted by molar-refractivity contribution is 8.27. The number of nitro groups is 1. The molecule has 0 atom stereocenters. The van der Waals surface area contributed by atoms with Crippen molar-refractivity contribution in [3.05, 3.63) is 97.9 Å². The molecule has 0 aromatic heterocycles. The van der Waals surface area contributed by atoms with E-state index in [1.807, 2.05) is 6.07 Å². The van der Waals surface area contributed by atoms with E-state index in [1.165, 1.54) is 35.9 Å². The van der Waals surface area contributed by atoms with Crippen LogP contribution in [0.2, 0.25) is 5.02 Å². The Bertz CT molecular complexity index is 1290. The molecule has 0 unspecified atom stereocenters. The van der Waals surface area contributed by atoms with Crippen LogP contribution in [0.4, 0.5) is 11.4 Å². The summed E-state index contributed by atoms with van der Waals surface area (Å²) in [6.07, 6.45) is 1.75. The van der Waals surface area contributed by atoms with E-state index in [0.29, 0.717) is 31.4 Å². The minimum absolute atomic E-state index is 0.0205. The summed E-state index contributed by atoms with van der Waals surface area (Å²) in [5, 5.41) is 11.4. The lowest BCUT2D eigenvalue weighted by Crippen LogP contribution is -2.27. The van der Waals surface area contributed by atoms with Gasteiger partial charge in [-0.2, -0.15) is 0 Å². The van der Waals surface area contributed by atoms with Crippen LogP contribution in [0.25, 0.3) is 6.08 Å². The third-order valence-corrected chi connectivity index (χ3v) is 6.46. The smallest absolute Gasteiger partial charge is 0.270 e. The van der Waals surface area contributed by atoms with Gasteiger partial charge in [0.15, 0.2) is 15.8 Å². The van der Waals surface area contributed by atoms with Crippen LogP contribution in [-0.4, -0.2) is 22.3 Å². The number of carbonyl (C=O) groups excluding carboxylic acids is 1. The summed E-state index contributed by atoms with van der Waals surface area (Å²) >= 11 is 12.6. The molecule has 10 heteroatoms. The Morgan fingerprint density at radius 2 is 1.79 bits per heavy atom. The van der Waals surface area contributed by atoms with Crippen LogP contribution in [0, 0.1) is 10.1 Å². The van der Waals surface area contributed by atoms with E-state index < -0.39 is 4.92 Å². The number of non-ortho nitro benzene ring substituents is 1. The van der Waals surface area contributed by atoms with E-state index in [4.69, 9.17) is 33.3 Å². The lowest BCUT2D eigenvalue weighted by atomic mass is 10.1. The SMILES string of the molecule is COc1cc(/C=C2/SC(=S)N(c3ccc(Cl)cc3)C2=O)ccc1OCc1ccc([N+](=O)[O-])cc1. The van der Waals surface area contributed by atoms with Crippen molar-refractivity contribution in [2.24, 2.45) is 0 Å². The number of nitro benzene ring substituents is 1. The van der Waals surface area contributed by atoms with Gasteiger partial charge in [-0.05, 0) is 65.7 Å². The molecule has 0 bridgehead atoms. The number of halogens is 1. The van der Waals surface area contributed by atoms with Gasteiger partial charge >= 0.3 is 0 Å². The molecule has 0 aliphatic carbocycles. The first-order valence-electron chi connectivity index (χ1n) is 9.93. The second-order valence-corrected chi connectivity index (χ2v) is 9.23. The van der Waals surface area contributed by atoms with Crippen molar-refractivity contribution in [2.45, 2.75) is 6.61 Å². The van der Waals surface area contributed by atoms with Gasteiger partial charge in [-0.3, -0.25) is 19.8 Å². The van der Waals surface area contributed by atoms with E-state index in [9.17, 15) is 14.9 Å². The monoisotopic (exact) mass is 512 g/mol. The summed E-state index contributed by atoms with van der Waals surface area (Å²) in [6.45, 7) is 0.216. The number of nitrogens with zero attached hydrogens (tertiary/aromatic N) is 2. The molecular weight excluding hydrogens is 496 g/mol. The summed E-state index contributed by atoms with van der Waals surface area (Å²) in [5.41, 5.74) is 2.20. The first kappa shape index (κ1) is 23.7. The van der Waals surface area contributed by atoms with Gasteiger partial charge < -0.3 is 9.47 Å². The van der Waals surface area contributed by atoms with Crippen LogP contribution in [0.5, 0.6) is 11.5 Å². The van der Waals surface area contributed by atoms with Crippen molar-refractivity contribution >= 4 is 63.3 Å². The molecule has 0 radical (unpaired) electrons. The molecule has 1 fully saturated rings. The quantitative estimate of drug-likeness (QED) is 0.160. The van der Waals surface area contributed by atoms with Crippen LogP contribution >= 0.6 is 35.6 Å². The van der Waals surface area contributed by atoms with E-state index in [0.717, 1.165) is 11.1 Å². The van der Waals surface area contributed by atoms with Crippen LogP contribution in [0.3, 0.4) is 0 Å². The molecule has 34 heavy (non-hydrogen) atoms. The maximum absolute atomic E-state index is 13.0. The standard InChI is InChI=1S/C24H17ClN2O5S2/c1-31-21-12-16(4-11-20(21)32-14-15-2-7-19(8-3-15)27(29)30)13-22-23(28)26(24(33)34-22)18-9-5-17(25)6-10-18/h2-13H,14H2,1H3/b22-13+. The number of rotatable bonds is 7. The zero-order chi connectivity index (χ0) is 24.2. The molecule has 172 valence electrons. The fraction of sp³-hybridized carbons (Fsp3) is 0.0833. The molecule has 0 spiro atoms. The zero-order valence-electron chi connectivity index (χ0n) is 17.8. The molecule has 0 saturated carbocycles. The minimum atomic E-state index is -0.449. The van der Waals surface area contributed by atoms with Gasteiger partial charge in [0.2, 0.25) is 0 Å². The van der Waals surface area contributed by atoms with Gasteiger partial charge in [0.05, 0.1) is 22.6 Å². The number of thiocarbonyl (C=S) groups is 1. The Labute approximate surface area is 210 Å². The molecule has 3 aromatic rings. The van der Waals surface area contributed by atoms with E-state index >= 15 is 0 Å². The first-order chi connectivity index (χ1) is 16.4. The number of hydrogen-bond donors (Lipinski definition) is 0. The van der Waals surface area contributed by atoms with E-state index in [-0.39, 0.29) is 18.2 Å². The lowest BCUT2D eigenvalue weighted by Gasteiger charge is -2.14. The van der Waals surface area contributed by atoms with E-state index in [1.54, 1.807) is 54.6 Å². The summed E-state index contributed by atoms with van der Waals surface area (Å²) < 4.78 is 11.7. The van der Waals surface area contributed by atoms with Crippen molar-refractivity contribution in [3.8, 4) is 11.5 Å². The largest absolute Gasteiger partial charge is 0.493 e. The normalized spacial score (nSPS) is 14.5. The fourth-order valence-corrected chi connectivity index (χ4v) is 4.63. The molecule has 1 amide bonds. The number of amides is 1. The Morgan fingerprint density at radius 1 is 1.09 bits per heavy atom. The first-order valence-corrected chi connectivity index (χ1v) is 11.5. The Kier molecular flexibility index (Phi) is 7.16. The third-order valence-electron chi connectivity index (χ3n) is 4.91. The maximum atomic E-state index is 13.0. The third kappa shape index (κ3) is 5.22. The topological polar surface area (TPSA) is 81.9 Å². The molecule has 1 saturated heterocycles.